The van der Waals surface area contributed by atoms with Crippen LogP contribution in [-0.2, 0) is 32.5 Å². The SMILES string of the molecule is CC(C)(C)c1ccc(N(c2ccc(C(C)(C)C)cc2)c2ccc3c(c2)cc2c4c(c(N(c5ccc(C(C)(C)C)cc5)c5ccc(C(C)(C)C)cc5)ccc43)C(C)(C)c3c-2ccc2c3C(C)(C)c3ccccc3-2)cc1. The van der Waals surface area contributed by atoms with Crippen LogP contribution in [0.2, 0.25) is 0 Å². The van der Waals surface area contributed by atoms with E-state index in [0.717, 1.165) is 28.4 Å². The Hall–Kier alpha value is -6.90. The molecule has 74 heavy (non-hydrogen) atoms. The molecule has 0 unspecified atom stereocenters. The van der Waals surface area contributed by atoms with Crippen LogP contribution in [0.15, 0.2) is 170 Å². The number of fused-ring (bicyclic) bond motifs is 8. The molecule has 0 saturated carbocycles. The summed E-state index contributed by atoms with van der Waals surface area (Å²) in [5, 5.41) is 5.11. The molecular weight excluding hydrogens is 893 g/mol. The molecule has 0 radical (unpaired) electrons. The molecule has 2 aliphatic rings. The minimum absolute atomic E-state index is 0.0315. The van der Waals surface area contributed by atoms with Gasteiger partial charge in [0, 0.05) is 39.3 Å². The smallest absolute Gasteiger partial charge is 0.0509 e. The predicted octanol–water partition coefficient (Wildman–Crippen LogP) is 20.7. The fraction of sp³-hybridized carbons (Fsp3) is 0.306. The lowest BCUT2D eigenvalue weighted by Crippen LogP contribution is -2.31. The minimum atomic E-state index is -0.403. The quantitative estimate of drug-likeness (QED) is 0.153. The molecule has 374 valence electrons. The van der Waals surface area contributed by atoms with E-state index in [9.17, 15) is 0 Å². The maximum atomic E-state index is 2.55. The van der Waals surface area contributed by atoms with Gasteiger partial charge in [-0.05, 0) is 183 Å². The molecule has 0 bridgehead atoms. The Balaban J connectivity index is 1.20. The van der Waals surface area contributed by atoms with Gasteiger partial charge in [-0.1, -0.05) is 208 Å². The van der Waals surface area contributed by atoms with Crippen LogP contribution >= 0.6 is 0 Å². The fourth-order valence-electron chi connectivity index (χ4n) is 12.6. The van der Waals surface area contributed by atoms with E-state index in [2.05, 4.69) is 290 Å². The highest BCUT2D eigenvalue weighted by Crippen LogP contribution is 2.61. The van der Waals surface area contributed by atoms with Crippen molar-refractivity contribution in [2.24, 2.45) is 0 Å². The van der Waals surface area contributed by atoms with E-state index in [4.69, 9.17) is 0 Å². The summed E-state index contributed by atoms with van der Waals surface area (Å²) >= 11 is 0. The maximum Gasteiger partial charge on any atom is 0.0509 e. The average molecular weight is 969 g/mol. The number of benzene rings is 9. The highest BCUT2D eigenvalue weighted by atomic mass is 15.1. The van der Waals surface area contributed by atoms with Crippen LogP contribution in [0.5, 0.6) is 0 Å². The van der Waals surface area contributed by atoms with Gasteiger partial charge in [-0.2, -0.15) is 0 Å². The van der Waals surface area contributed by atoms with E-state index in [1.165, 1.54) is 94.0 Å². The number of rotatable bonds is 6. The van der Waals surface area contributed by atoms with E-state index < -0.39 is 5.41 Å². The van der Waals surface area contributed by atoms with Crippen LogP contribution in [0.3, 0.4) is 0 Å². The van der Waals surface area contributed by atoms with Gasteiger partial charge >= 0.3 is 0 Å². The van der Waals surface area contributed by atoms with Gasteiger partial charge < -0.3 is 9.80 Å². The topological polar surface area (TPSA) is 6.48 Å². The molecule has 0 amide bonds. The molecule has 0 N–H and O–H groups in total. The summed E-state index contributed by atoms with van der Waals surface area (Å²) < 4.78 is 0. The second kappa shape index (κ2) is 16.8. The van der Waals surface area contributed by atoms with Crippen molar-refractivity contribution in [2.75, 3.05) is 9.80 Å². The molecule has 0 saturated heterocycles. The summed E-state index contributed by atoms with van der Waals surface area (Å²) in [5.74, 6) is 0. The first-order valence-electron chi connectivity index (χ1n) is 27.1. The molecule has 0 heterocycles. The molecule has 0 atom stereocenters. The fourth-order valence-corrected chi connectivity index (χ4v) is 12.6. The van der Waals surface area contributed by atoms with Crippen molar-refractivity contribution in [1.82, 2.24) is 0 Å². The van der Waals surface area contributed by atoms with Crippen molar-refractivity contribution in [3.05, 3.63) is 214 Å². The maximum absolute atomic E-state index is 2.55. The lowest BCUT2D eigenvalue weighted by Gasteiger charge is -2.42. The van der Waals surface area contributed by atoms with Crippen molar-refractivity contribution in [1.29, 1.82) is 0 Å². The Morgan fingerprint density at radius 3 is 1.16 bits per heavy atom. The molecular formula is C72H76N2. The highest BCUT2D eigenvalue weighted by Gasteiger charge is 2.46. The molecule has 2 heteroatoms. The van der Waals surface area contributed by atoms with Crippen molar-refractivity contribution >= 4 is 55.7 Å². The predicted molar refractivity (Wildman–Crippen MR) is 321 cm³/mol. The standard InChI is InChI=1S/C72H76N2/c1-67(2,3)46-21-29-50(30-22-46)73(51-31-23-47(24-32-51)68(4,5)6)54-37-38-55-45(43-54)44-60-59-40-39-58-56-19-17-18-20-61(56)71(13,14)64(58)65(59)72(15,16)66-62(42-41-57(55)63(60)66)74(52-33-25-48(26-34-52)69(7,8)9)53-35-27-49(28-36-53)70(10,11)12/h17-44H,1-16H3. The van der Waals surface area contributed by atoms with Gasteiger partial charge in [0.2, 0.25) is 0 Å². The molecule has 11 rings (SSSR count). The molecule has 9 aromatic rings. The zero-order valence-corrected chi connectivity index (χ0v) is 47.1. The molecule has 0 aromatic heterocycles. The Morgan fingerprint density at radius 1 is 0.311 bits per heavy atom. The van der Waals surface area contributed by atoms with Crippen LogP contribution in [0.25, 0.3) is 43.8 Å². The number of hydrogen-bond donors (Lipinski definition) is 0. The van der Waals surface area contributed by atoms with Gasteiger partial charge in [0.1, 0.15) is 0 Å². The molecule has 2 aliphatic carbocycles. The Bertz CT molecular complexity index is 3530. The first-order chi connectivity index (χ1) is 34.7. The number of nitrogens with zero attached hydrogens (tertiary/aromatic N) is 2. The van der Waals surface area contributed by atoms with Crippen LogP contribution in [0.4, 0.5) is 34.1 Å². The Morgan fingerprint density at radius 2 is 0.703 bits per heavy atom. The van der Waals surface area contributed by atoms with Crippen LogP contribution in [0, 0.1) is 0 Å². The molecule has 2 nitrogen and oxygen atoms in total. The lowest BCUT2D eigenvalue weighted by atomic mass is 9.63. The van der Waals surface area contributed by atoms with Gasteiger partial charge in [-0.15, -0.1) is 0 Å². The van der Waals surface area contributed by atoms with E-state index >= 15 is 0 Å². The molecule has 0 aliphatic heterocycles. The van der Waals surface area contributed by atoms with Gasteiger partial charge in [0.15, 0.2) is 0 Å². The molecule has 0 spiro atoms. The van der Waals surface area contributed by atoms with Crippen LogP contribution < -0.4 is 9.80 Å². The van der Waals surface area contributed by atoms with E-state index in [1.807, 2.05) is 0 Å². The van der Waals surface area contributed by atoms with Gasteiger partial charge in [0.05, 0.1) is 5.69 Å². The zero-order chi connectivity index (χ0) is 52.7. The highest BCUT2D eigenvalue weighted by molar-refractivity contribution is 6.19. The van der Waals surface area contributed by atoms with Crippen LogP contribution in [0.1, 0.15) is 155 Å². The largest absolute Gasteiger partial charge is 0.310 e. The van der Waals surface area contributed by atoms with Crippen molar-refractivity contribution in [3.63, 3.8) is 0 Å². The lowest BCUT2D eigenvalue weighted by molar-refractivity contribution is 0.589. The van der Waals surface area contributed by atoms with E-state index in [1.54, 1.807) is 0 Å². The van der Waals surface area contributed by atoms with Gasteiger partial charge in [-0.3, -0.25) is 0 Å². The third-order valence-electron chi connectivity index (χ3n) is 16.8. The molecule has 9 aromatic carbocycles. The van der Waals surface area contributed by atoms with Crippen molar-refractivity contribution < 1.29 is 0 Å². The van der Waals surface area contributed by atoms with Gasteiger partial charge in [0.25, 0.3) is 0 Å². The summed E-state index contributed by atoms with van der Waals surface area (Å²) in [4.78, 5) is 4.99. The summed E-state index contributed by atoms with van der Waals surface area (Å²) in [6.07, 6.45) is 0. The number of anilines is 6. The summed E-state index contributed by atoms with van der Waals surface area (Å²) in [5.41, 5.74) is 22.8. The van der Waals surface area contributed by atoms with Crippen LogP contribution in [-0.4, -0.2) is 0 Å². The summed E-state index contributed by atoms with van der Waals surface area (Å²) in [7, 11) is 0. The second-order valence-electron chi connectivity index (χ2n) is 26.8. The normalized spacial score (nSPS) is 14.7. The Kier molecular flexibility index (Phi) is 11.2. The summed E-state index contributed by atoms with van der Waals surface area (Å²) in [6.45, 7) is 37.5. The first kappa shape index (κ1) is 49.3. The van der Waals surface area contributed by atoms with E-state index in [0.29, 0.717) is 0 Å². The summed E-state index contributed by atoms with van der Waals surface area (Å²) in [6, 6.07) is 65.8. The van der Waals surface area contributed by atoms with Gasteiger partial charge in [-0.25, -0.2) is 0 Å². The first-order valence-corrected chi connectivity index (χ1v) is 27.1. The monoisotopic (exact) mass is 969 g/mol. The Labute approximate surface area is 443 Å². The third-order valence-corrected chi connectivity index (χ3v) is 16.8. The van der Waals surface area contributed by atoms with Crippen molar-refractivity contribution in [3.8, 4) is 22.3 Å². The minimum Gasteiger partial charge on any atom is -0.310 e. The zero-order valence-electron chi connectivity index (χ0n) is 47.1. The number of hydrogen-bond acceptors (Lipinski definition) is 2. The van der Waals surface area contributed by atoms with E-state index in [-0.39, 0.29) is 27.1 Å². The molecule has 0 fully saturated rings. The second-order valence-corrected chi connectivity index (χ2v) is 26.8. The average Bonchev–Trinajstić information content (AvgIpc) is 3.63. The third kappa shape index (κ3) is 7.98. The van der Waals surface area contributed by atoms with Crippen molar-refractivity contribution in [2.45, 2.75) is 143 Å².